The minimum absolute atomic E-state index is 0.0976. The van der Waals surface area contributed by atoms with Gasteiger partial charge in [-0.1, -0.05) is 37.1 Å². The van der Waals surface area contributed by atoms with Crippen molar-refractivity contribution in [3.63, 3.8) is 0 Å². The van der Waals surface area contributed by atoms with Crippen LogP contribution in [0.4, 0.5) is 10.6 Å². The first kappa shape index (κ1) is 17.8. The van der Waals surface area contributed by atoms with Gasteiger partial charge in [0.1, 0.15) is 5.82 Å². The zero-order valence-electron chi connectivity index (χ0n) is 14.3. The normalized spacial score (nSPS) is 17.5. The molecule has 1 aliphatic rings. The number of aromatic nitrogens is 2. The molecular formula is C18H23ClN4O2. The highest BCUT2D eigenvalue weighted by Crippen LogP contribution is 2.17. The molecule has 1 saturated heterocycles. The van der Waals surface area contributed by atoms with E-state index < -0.39 is 0 Å². The van der Waals surface area contributed by atoms with Crippen LogP contribution in [-0.4, -0.2) is 46.5 Å². The lowest BCUT2D eigenvalue weighted by molar-refractivity contribution is 0.0124. The van der Waals surface area contributed by atoms with E-state index in [0.717, 1.165) is 18.4 Å². The average molecular weight is 363 g/mol. The molecule has 1 aromatic carbocycles. The lowest BCUT2D eigenvalue weighted by Crippen LogP contribution is -2.50. The summed E-state index contributed by atoms with van der Waals surface area (Å²) < 4.78 is 7.29. The number of amides is 2. The molecule has 0 bridgehead atoms. The summed E-state index contributed by atoms with van der Waals surface area (Å²) in [5.74, 6) is 0.682. The molecule has 1 atom stereocenters. The first-order chi connectivity index (χ1) is 12.2. The fourth-order valence-corrected chi connectivity index (χ4v) is 3.13. The molecule has 0 spiro atoms. The van der Waals surface area contributed by atoms with Gasteiger partial charge in [-0.05, 0) is 24.1 Å². The number of benzene rings is 1. The summed E-state index contributed by atoms with van der Waals surface area (Å²) in [6.45, 7) is 4.48. The van der Waals surface area contributed by atoms with Crippen molar-refractivity contribution in [1.82, 2.24) is 14.7 Å². The van der Waals surface area contributed by atoms with E-state index in [9.17, 15) is 4.79 Å². The standard InChI is InChI=1S/C18H23ClN4O2/c1-2-3-16-13-25-11-10-22(16)18(24)21-17-8-9-20-23(17)12-14-4-6-15(19)7-5-14/h4-9,16H,2-3,10-13H2,1H3,(H,21,24)/t16-/m0/s1. The van der Waals surface area contributed by atoms with E-state index in [0.29, 0.717) is 37.1 Å². The molecule has 1 fully saturated rings. The van der Waals surface area contributed by atoms with Crippen molar-refractivity contribution in [2.45, 2.75) is 32.4 Å². The van der Waals surface area contributed by atoms with Crippen molar-refractivity contribution in [2.24, 2.45) is 0 Å². The van der Waals surface area contributed by atoms with Gasteiger partial charge < -0.3 is 9.64 Å². The van der Waals surface area contributed by atoms with Crippen molar-refractivity contribution in [2.75, 3.05) is 25.1 Å². The highest BCUT2D eigenvalue weighted by Gasteiger charge is 2.27. The topological polar surface area (TPSA) is 59.4 Å². The third-order valence-corrected chi connectivity index (χ3v) is 4.56. The lowest BCUT2D eigenvalue weighted by Gasteiger charge is -2.35. The number of carbonyl (C=O) groups excluding carboxylic acids is 1. The maximum Gasteiger partial charge on any atom is 0.323 e. The zero-order chi connectivity index (χ0) is 17.6. The van der Waals surface area contributed by atoms with Crippen LogP contribution < -0.4 is 5.32 Å². The van der Waals surface area contributed by atoms with Crippen molar-refractivity contribution in [3.05, 3.63) is 47.1 Å². The minimum Gasteiger partial charge on any atom is -0.377 e. The minimum atomic E-state index is -0.0976. The number of nitrogens with one attached hydrogen (secondary N) is 1. The summed E-state index contributed by atoms with van der Waals surface area (Å²) >= 11 is 5.92. The van der Waals surface area contributed by atoms with E-state index >= 15 is 0 Å². The number of rotatable bonds is 5. The Labute approximate surface area is 152 Å². The van der Waals surface area contributed by atoms with Gasteiger partial charge in [0.05, 0.1) is 32.0 Å². The van der Waals surface area contributed by atoms with Gasteiger partial charge >= 0.3 is 6.03 Å². The van der Waals surface area contributed by atoms with Gasteiger partial charge in [0.15, 0.2) is 0 Å². The van der Waals surface area contributed by atoms with Crippen molar-refractivity contribution >= 4 is 23.4 Å². The molecule has 2 amide bonds. The summed E-state index contributed by atoms with van der Waals surface area (Å²) in [5, 5.41) is 8.00. The number of ether oxygens (including phenoxy) is 1. The number of morpholine rings is 1. The van der Waals surface area contributed by atoms with Crippen LogP contribution in [0, 0.1) is 0 Å². The summed E-state index contributed by atoms with van der Waals surface area (Å²) in [7, 11) is 0. The Kier molecular flexibility index (Phi) is 5.94. The van der Waals surface area contributed by atoms with Gasteiger partial charge in [-0.2, -0.15) is 5.10 Å². The number of hydrogen-bond donors (Lipinski definition) is 1. The highest BCUT2D eigenvalue weighted by molar-refractivity contribution is 6.30. The molecule has 25 heavy (non-hydrogen) atoms. The largest absolute Gasteiger partial charge is 0.377 e. The molecule has 1 aliphatic heterocycles. The van der Waals surface area contributed by atoms with Crippen LogP contribution >= 0.6 is 11.6 Å². The Bertz CT molecular complexity index is 699. The second kappa shape index (κ2) is 8.36. The summed E-state index contributed by atoms with van der Waals surface area (Å²) in [6.07, 6.45) is 3.65. The Morgan fingerprint density at radius 2 is 2.16 bits per heavy atom. The van der Waals surface area contributed by atoms with Gasteiger partial charge in [0.2, 0.25) is 0 Å². The van der Waals surface area contributed by atoms with E-state index in [1.54, 1.807) is 10.9 Å². The maximum atomic E-state index is 12.7. The third kappa shape index (κ3) is 4.52. The second-order valence-electron chi connectivity index (χ2n) is 6.14. The van der Waals surface area contributed by atoms with Crippen LogP contribution in [-0.2, 0) is 11.3 Å². The quantitative estimate of drug-likeness (QED) is 0.883. The number of urea groups is 1. The smallest absolute Gasteiger partial charge is 0.323 e. The molecule has 0 radical (unpaired) electrons. The Morgan fingerprint density at radius 1 is 1.36 bits per heavy atom. The van der Waals surface area contributed by atoms with Gasteiger partial charge in [0, 0.05) is 17.6 Å². The summed E-state index contributed by atoms with van der Waals surface area (Å²) in [5.41, 5.74) is 1.07. The molecule has 1 N–H and O–H groups in total. The Balaban J connectivity index is 1.67. The van der Waals surface area contributed by atoms with Crippen molar-refractivity contribution in [3.8, 4) is 0 Å². The molecule has 0 unspecified atom stereocenters. The number of anilines is 1. The molecule has 2 aromatic rings. The number of halogens is 1. The number of carbonyl (C=O) groups is 1. The van der Waals surface area contributed by atoms with E-state index in [1.165, 1.54) is 0 Å². The average Bonchev–Trinajstić information content (AvgIpc) is 3.04. The van der Waals surface area contributed by atoms with E-state index in [2.05, 4.69) is 17.3 Å². The van der Waals surface area contributed by atoms with Crippen LogP contribution in [0.25, 0.3) is 0 Å². The fourth-order valence-electron chi connectivity index (χ4n) is 3.00. The molecular weight excluding hydrogens is 340 g/mol. The van der Waals surface area contributed by atoms with Crippen LogP contribution in [0.15, 0.2) is 36.5 Å². The van der Waals surface area contributed by atoms with Crippen LogP contribution in [0.5, 0.6) is 0 Å². The van der Waals surface area contributed by atoms with Crippen molar-refractivity contribution < 1.29 is 9.53 Å². The summed E-state index contributed by atoms with van der Waals surface area (Å²) in [4.78, 5) is 14.6. The predicted octanol–water partition coefficient (Wildman–Crippen LogP) is 3.62. The number of hydrogen-bond acceptors (Lipinski definition) is 3. The predicted molar refractivity (Wildman–Crippen MR) is 98.0 cm³/mol. The molecule has 3 rings (SSSR count). The first-order valence-corrected chi connectivity index (χ1v) is 8.97. The van der Waals surface area contributed by atoms with E-state index in [1.807, 2.05) is 35.2 Å². The molecule has 7 heteroatoms. The SMILES string of the molecule is CCC[C@H]1COCCN1C(=O)Nc1ccnn1Cc1ccc(Cl)cc1. The van der Waals surface area contributed by atoms with Gasteiger partial charge in [-0.3, -0.25) is 5.32 Å². The number of nitrogens with zero attached hydrogens (tertiary/aromatic N) is 3. The molecule has 134 valence electrons. The molecule has 6 nitrogen and oxygen atoms in total. The highest BCUT2D eigenvalue weighted by atomic mass is 35.5. The van der Waals surface area contributed by atoms with Crippen LogP contribution in [0.2, 0.25) is 5.02 Å². The fraction of sp³-hybridized carbons (Fsp3) is 0.444. The third-order valence-electron chi connectivity index (χ3n) is 4.31. The van der Waals surface area contributed by atoms with E-state index in [-0.39, 0.29) is 12.1 Å². The van der Waals surface area contributed by atoms with Gasteiger partial charge in [-0.15, -0.1) is 0 Å². The first-order valence-electron chi connectivity index (χ1n) is 8.59. The van der Waals surface area contributed by atoms with Gasteiger partial charge in [-0.25, -0.2) is 9.48 Å². The Morgan fingerprint density at radius 3 is 2.92 bits per heavy atom. The van der Waals surface area contributed by atoms with Crippen LogP contribution in [0.3, 0.4) is 0 Å². The lowest BCUT2D eigenvalue weighted by atomic mass is 10.1. The zero-order valence-corrected chi connectivity index (χ0v) is 15.1. The molecule has 0 aliphatic carbocycles. The van der Waals surface area contributed by atoms with Crippen molar-refractivity contribution in [1.29, 1.82) is 0 Å². The van der Waals surface area contributed by atoms with Gasteiger partial charge in [0.25, 0.3) is 0 Å². The monoisotopic (exact) mass is 362 g/mol. The maximum absolute atomic E-state index is 12.7. The van der Waals surface area contributed by atoms with E-state index in [4.69, 9.17) is 16.3 Å². The van der Waals surface area contributed by atoms with Crippen LogP contribution in [0.1, 0.15) is 25.3 Å². The Hall–Kier alpha value is -2.05. The molecule has 1 aromatic heterocycles. The summed E-state index contributed by atoms with van der Waals surface area (Å²) in [6, 6.07) is 9.45. The second-order valence-corrected chi connectivity index (χ2v) is 6.58. The molecule has 2 heterocycles. The molecule has 0 saturated carbocycles.